The molecule has 1 aliphatic rings. The number of halogens is 2. The molecule has 1 unspecified atom stereocenters. The highest BCUT2D eigenvalue weighted by Crippen LogP contribution is 2.32. The van der Waals surface area contributed by atoms with E-state index in [1.54, 1.807) is 0 Å². The number of nitrogens with one attached hydrogen (secondary N) is 1. The second-order valence-electron chi connectivity index (χ2n) is 6.42. The Labute approximate surface area is 141 Å². The van der Waals surface area contributed by atoms with Crippen molar-refractivity contribution < 1.29 is 13.5 Å². The van der Waals surface area contributed by atoms with Crippen LogP contribution in [-0.4, -0.2) is 13.2 Å². The van der Waals surface area contributed by atoms with E-state index in [2.05, 4.69) is 24.4 Å². The number of hydrogen-bond donors (Lipinski definition) is 1. The first kappa shape index (κ1) is 16.9. The number of aryl methyl sites for hydroxylation is 2. The largest absolute Gasteiger partial charge is 0.493 e. The molecule has 24 heavy (non-hydrogen) atoms. The second kappa shape index (κ2) is 7.75. The SMILES string of the molecule is Cc1ccc2c(c1)C(NCCCCc1cc(F)cc(F)c1)CCO2. The van der Waals surface area contributed by atoms with Crippen LogP contribution in [0, 0.1) is 18.6 Å². The van der Waals surface area contributed by atoms with Gasteiger partial charge in [-0.25, -0.2) is 8.78 Å². The number of ether oxygens (including phenoxy) is 1. The monoisotopic (exact) mass is 331 g/mol. The average molecular weight is 331 g/mol. The number of benzene rings is 2. The van der Waals surface area contributed by atoms with Crippen molar-refractivity contribution in [1.29, 1.82) is 0 Å². The molecule has 0 spiro atoms. The van der Waals surface area contributed by atoms with Crippen LogP contribution in [0.1, 0.15) is 42.0 Å². The van der Waals surface area contributed by atoms with E-state index >= 15 is 0 Å². The van der Waals surface area contributed by atoms with Crippen molar-refractivity contribution in [2.24, 2.45) is 0 Å². The zero-order chi connectivity index (χ0) is 16.9. The predicted octanol–water partition coefficient (Wildman–Crippen LogP) is 4.71. The van der Waals surface area contributed by atoms with E-state index in [1.807, 2.05) is 6.07 Å². The van der Waals surface area contributed by atoms with Gasteiger partial charge in [0.15, 0.2) is 0 Å². The molecular formula is C20H23F2NO. The Kier molecular flexibility index (Phi) is 5.46. The normalized spacial score (nSPS) is 16.5. The molecule has 0 amide bonds. The summed E-state index contributed by atoms with van der Waals surface area (Å²) in [4.78, 5) is 0. The van der Waals surface area contributed by atoms with Gasteiger partial charge in [0, 0.05) is 24.1 Å². The topological polar surface area (TPSA) is 21.3 Å². The van der Waals surface area contributed by atoms with Crippen molar-refractivity contribution in [2.45, 2.75) is 38.6 Å². The molecule has 2 aromatic carbocycles. The maximum atomic E-state index is 13.2. The lowest BCUT2D eigenvalue weighted by atomic mass is 9.98. The molecule has 128 valence electrons. The highest BCUT2D eigenvalue weighted by atomic mass is 19.1. The molecule has 0 saturated carbocycles. The highest BCUT2D eigenvalue weighted by molar-refractivity contribution is 5.40. The minimum absolute atomic E-state index is 0.320. The molecule has 1 aliphatic heterocycles. The predicted molar refractivity (Wildman–Crippen MR) is 91.3 cm³/mol. The van der Waals surface area contributed by atoms with E-state index in [4.69, 9.17) is 4.74 Å². The maximum absolute atomic E-state index is 13.2. The summed E-state index contributed by atoms with van der Waals surface area (Å²) < 4.78 is 32.0. The van der Waals surface area contributed by atoms with Gasteiger partial charge in [-0.1, -0.05) is 17.7 Å². The van der Waals surface area contributed by atoms with Gasteiger partial charge in [-0.05, 0) is 56.5 Å². The molecule has 1 heterocycles. The van der Waals surface area contributed by atoms with Crippen LogP contribution in [0.5, 0.6) is 5.75 Å². The lowest BCUT2D eigenvalue weighted by Crippen LogP contribution is -2.28. The Morgan fingerprint density at radius 3 is 2.67 bits per heavy atom. The van der Waals surface area contributed by atoms with Crippen LogP contribution in [0.25, 0.3) is 0 Å². The molecule has 3 rings (SSSR count). The first-order chi connectivity index (χ1) is 11.6. The van der Waals surface area contributed by atoms with Crippen LogP contribution in [0.2, 0.25) is 0 Å². The number of hydrogen-bond acceptors (Lipinski definition) is 2. The summed E-state index contributed by atoms with van der Waals surface area (Å²) in [5.74, 6) is -0.0331. The molecule has 0 radical (unpaired) electrons. The van der Waals surface area contributed by atoms with Crippen LogP contribution >= 0.6 is 0 Å². The van der Waals surface area contributed by atoms with Gasteiger partial charge >= 0.3 is 0 Å². The van der Waals surface area contributed by atoms with E-state index in [0.717, 1.165) is 49.8 Å². The van der Waals surface area contributed by atoms with Gasteiger partial charge in [-0.3, -0.25) is 0 Å². The van der Waals surface area contributed by atoms with Gasteiger partial charge in [-0.15, -0.1) is 0 Å². The van der Waals surface area contributed by atoms with Crippen molar-refractivity contribution in [3.05, 3.63) is 64.7 Å². The zero-order valence-corrected chi connectivity index (χ0v) is 13.9. The summed E-state index contributed by atoms with van der Waals surface area (Å²) in [6.07, 6.45) is 3.53. The van der Waals surface area contributed by atoms with E-state index < -0.39 is 11.6 Å². The van der Waals surface area contributed by atoms with Crippen molar-refractivity contribution >= 4 is 0 Å². The molecule has 0 aromatic heterocycles. The molecule has 0 aliphatic carbocycles. The van der Waals surface area contributed by atoms with Gasteiger partial charge in [0.05, 0.1) is 6.61 Å². The molecule has 2 nitrogen and oxygen atoms in total. The summed E-state index contributed by atoms with van der Waals surface area (Å²) in [5.41, 5.74) is 3.19. The third-order valence-corrected chi connectivity index (χ3v) is 4.41. The fraction of sp³-hybridized carbons (Fsp3) is 0.400. The Morgan fingerprint density at radius 1 is 1.08 bits per heavy atom. The van der Waals surface area contributed by atoms with E-state index in [9.17, 15) is 8.78 Å². The number of unbranched alkanes of at least 4 members (excludes halogenated alkanes) is 1. The van der Waals surface area contributed by atoms with Crippen LogP contribution in [0.4, 0.5) is 8.78 Å². The summed E-state index contributed by atoms with van der Waals surface area (Å²) in [6.45, 7) is 3.70. The van der Waals surface area contributed by atoms with Crippen LogP contribution in [-0.2, 0) is 6.42 Å². The van der Waals surface area contributed by atoms with Gasteiger partial charge in [-0.2, -0.15) is 0 Å². The summed E-state index contributed by atoms with van der Waals surface area (Å²) in [5, 5.41) is 3.59. The smallest absolute Gasteiger partial charge is 0.126 e. The number of fused-ring (bicyclic) bond motifs is 1. The molecule has 0 fully saturated rings. The molecular weight excluding hydrogens is 308 g/mol. The Balaban J connectivity index is 1.47. The lowest BCUT2D eigenvalue weighted by molar-refractivity contribution is 0.252. The molecule has 0 saturated heterocycles. The van der Waals surface area contributed by atoms with E-state index in [-0.39, 0.29) is 0 Å². The third kappa shape index (κ3) is 4.32. The van der Waals surface area contributed by atoms with Gasteiger partial charge in [0.25, 0.3) is 0 Å². The Hall–Kier alpha value is -1.94. The standard InChI is InChI=1S/C20H23F2NO/c1-14-5-6-20-18(10-14)19(7-9-24-20)23-8-3-2-4-15-11-16(21)13-17(22)12-15/h5-6,10-13,19,23H,2-4,7-9H2,1H3. The molecule has 0 bridgehead atoms. The minimum Gasteiger partial charge on any atom is -0.493 e. The van der Waals surface area contributed by atoms with Crippen molar-refractivity contribution in [1.82, 2.24) is 5.32 Å². The Bertz CT molecular complexity index is 682. The molecule has 1 atom stereocenters. The van der Waals surface area contributed by atoms with Gasteiger partial charge in [0.1, 0.15) is 17.4 Å². The maximum Gasteiger partial charge on any atom is 0.126 e. The quantitative estimate of drug-likeness (QED) is 0.774. The summed E-state index contributed by atoms with van der Waals surface area (Å²) in [7, 11) is 0. The summed E-state index contributed by atoms with van der Waals surface area (Å²) in [6, 6.07) is 10.3. The Morgan fingerprint density at radius 2 is 1.88 bits per heavy atom. The van der Waals surface area contributed by atoms with Gasteiger partial charge < -0.3 is 10.1 Å². The third-order valence-electron chi connectivity index (χ3n) is 4.41. The first-order valence-corrected chi connectivity index (χ1v) is 8.53. The van der Waals surface area contributed by atoms with E-state index in [1.165, 1.54) is 23.3 Å². The zero-order valence-electron chi connectivity index (χ0n) is 13.9. The molecule has 1 N–H and O–H groups in total. The van der Waals surface area contributed by atoms with Gasteiger partial charge in [0.2, 0.25) is 0 Å². The highest BCUT2D eigenvalue weighted by Gasteiger charge is 2.20. The average Bonchev–Trinajstić information content (AvgIpc) is 2.54. The van der Waals surface area contributed by atoms with Crippen molar-refractivity contribution in [2.75, 3.05) is 13.2 Å². The second-order valence-corrected chi connectivity index (χ2v) is 6.42. The van der Waals surface area contributed by atoms with E-state index in [0.29, 0.717) is 12.5 Å². The number of rotatable bonds is 6. The van der Waals surface area contributed by atoms with Crippen molar-refractivity contribution in [3.8, 4) is 5.75 Å². The molecule has 2 aromatic rings. The van der Waals surface area contributed by atoms with Crippen LogP contribution < -0.4 is 10.1 Å². The molecule has 4 heteroatoms. The fourth-order valence-corrected chi connectivity index (χ4v) is 3.21. The van der Waals surface area contributed by atoms with Crippen molar-refractivity contribution in [3.63, 3.8) is 0 Å². The van der Waals surface area contributed by atoms with Crippen LogP contribution in [0.3, 0.4) is 0 Å². The minimum atomic E-state index is -0.502. The lowest BCUT2D eigenvalue weighted by Gasteiger charge is -2.27. The summed E-state index contributed by atoms with van der Waals surface area (Å²) >= 11 is 0. The first-order valence-electron chi connectivity index (χ1n) is 8.53. The van der Waals surface area contributed by atoms with Crippen LogP contribution in [0.15, 0.2) is 36.4 Å². The fourth-order valence-electron chi connectivity index (χ4n) is 3.21.